The second-order valence-electron chi connectivity index (χ2n) is 3.78. The fourth-order valence-corrected chi connectivity index (χ4v) is 2.53. The van der Waals surface area contributed by atoms with Gasteiger partial charge in [0.05, 0.1) is 15.0 Å². The van der Waals surface area contributed by atoms with Crippen molar-refractivity contribution in [1.29, 1.82) is 0 Å². The lowest BCUT2D eigenvalue weighted by atomic mass is 10.1. The van der Waals surface area contributed by atoms with E-state index in [1.54, 1.807) is 12.1 Å². The first kappa shape index (κ1) is 10.8. The Balaban J connectivity index is 2.64. The van der Waals surface area contributed by atoms with Crippen molar-refractivity contribution in [3.8, 4) is 0 Å². The molecule has 17 heavy (non-hydrogen) atoms. The van der Waals surface area contributed by atoms with E-state index in [4.69, 9.17) is 11.6 Å². The van der Waals surface area contributed by atoms with Gasteiger partial charge in [0.2, 0.25) is 0 Å². The number of nitrogens with one attached hydrogen (secondary N) is 1. The molecule has 0 atom stereocenters. The topological polar surface area (TPSA) is 32.9 Å². The molecular weight excluding hydrogens is 302 g/mol. The Kier molecular flexibility index (Phi) is 2.45. The second kappa shape index (κ2) is 3.86. The van der Waals surface area contributed by atoms with Crippen LogP contribution < -0.4 is 5.43 Å². The molecule has 2 aromatic carbocycles. The molecule has 3 rings (SSSR count). The monoisotopic (exact) mass is 307 g/mol. The molecule has 3 aromatic rings. The van der Waals surface area contributed by atoms with Gasteiger partial charge >= 0.3 is 0 Å². The summed E-state index contributed by atoms with van der Waals surface area (Å²) in [5, 5.41) is 1.91. The fraction of sp³-hybridized carbons (Fsp3) is 0. The first-order chi connectivity index (χ1) is 8.18. The van der Waals surface area contributed by atoms with Gasteiger partial charge in [-0.15, -0.1) is 0 Å². The van der Waals surface area contributed by atoms with Gasteiger partial charge in [0.15, 0.2) is 5.43 Å². The van der Waals surface area contributed by atoms with Crippen LogP contribution in [0.2, 0.25) is 5.02 Å². The third-order valence-corrected chi connectivity index (χ3v) is 4.14. The van der Waals surface area contributed by atoms with Crippen LogP contribution in [0.1, 0.15) is 0 Å². The molecule has 1 heterocycles. The number of hydrogen-bond acceptors (Lipinski definition) is 1. The molecule has 84 valence electrons. The molecule has 0 saturated heterocycles. The van der Waals surface area contributed by atoms with E-state index < -0.39 is 0 Å². The lowest BCUT2D eigenvalue weighted by Gasteiger charge is -2.05. The molecule has 2 nitrogen and oxygen atoms in total. The standard InChI is InChI=1S/C13H7BrClNO/c14-11-9(15)6-5-8-12(11)16-10-4-2-1-3-7(10)13(8)17/h1-6H,(H,16,17). The third-order valence-electron chi connectivity index (χ3n) is 2.77. The third kappa shape index (κ3) is 1.58. The van der Waals surface area contributed by atoms with Gasteiger partial charge < -0.3 is 4.98 Å². The van der Waals surface area contributed by atoms with E-state index in [2.05, 4.69) is 20.9 Å². The SMILES string of the molecule is O=c1c2ccccc2[nH]c2c(Br)c(Cl)ccc12. The van der Waals surface area contributed by atoms with Crippen LogP contribution in [0.3, 0.4) is 0 Å². The van der Waals surface area contributed by atoms with Crippen LogP contribution >= 0.6 is 27.5 Å². The fourth-order valence-electron chi connectivity index (χ4n) is 1.93. The van der Waals surface area contributed by atoms with Crippen molar-refractivity contribution >= 4 is 49.3 Å². The van der Waals surface area contributed by atoms with Crippen molar-refractivity contribution < 1.29 is 0 Å². The number of hydrogen-bond donors (Lipinski definition) is 1. The van der Waals surface area contributed by atoms with Crippen LogP contribution in [-0.2, 0) is 0 Å². The van der Waals surface area contributed by atoms with E-state index >= 15 is 0 Å². The van der Waals surface area contributed by atoms with Crippen LogP contribution in [0, 0.1) is 0 Å². The first-order valence-electron chi connectivity index (χ1n) is 5.07. The molecule has 0 aliphatic rings. The number of fused-ring (bicyclic) bond motifs is 2. The van der Waals surface area contributed by atoms with Crippen LogP contribution in [0.4, 0.5) is 0 Å². The van der Waals surface area contributed by atoms with E-state index in [9.17, 15) is 4.79 Å². The Morgan fingerprint density at radius 1 is 1.06 bits per heavy atom. The van der Waals surface area contributed by atoms with Gasteiger partial charge in [-0.1, -0.05) is 23.7 Å². The zero-order chi connectivity index (χ0) is 12.0. The highest BCUT2D eigenvalue weighted by Gasteiger charge is 2.09. The number of aromatic amines is 1. The summed E-state index contributed by atoms with van der Waals surface area (Å²) in [4.78, 5) is 15.5. The summed E-state index contributed by atoms with van der Waals surface area (Å²) in [6, 6.07) is 10.9. The zero-order valence-electron chi connectivity index (χ0n) is 8.63. The van der Waals surface area contributed by atoms with E-state index in [1.165, 1.54) is 0 Å². The number of halogens is 2. The van der Waals surface area contributed by atoms with Gasteiger partial charge in [0.1, 0.15) is 0 Å². The van der Waals surface area contributed by atoms with Gasteiger partial charge in [0, 0.05) is 16.3 Å². The minimum Gasteiger partial charge on any atom is -0.353 e. The van der Waals surface area contributed by atoms with Crippen LogP contribution in [0.25, 0.3) is 21.8 Å². The summed E-state index contributed by atoms with van der Waals surface area (Å²) >= 11 is 9.42. The maximum absolute atomic E-state index is 12.3. The van der Waals surface area contributed by atoms with E-state index in [0.29, 0.717) is 15.8 Å². The van der Waals surface area contributed by atoms with Crippen molar-refractivity contribution in [2.45, 2.75) is 0 Å². The summed E-state index contributed by atoms with van der Waals surface area (Å²) < 4.78 is 0.722. The van der Waals surface area contributed by atoms with Gasteiger partial charge in [-0.2, -0.15) is 0 Å². The molecule has 0 spiro atoms. The molecular formula is C13H7BrClNO. The summed E-state index contributed by atoms with van der Waals surface area (Å²) in [7, 11) is 0. The summed E-state index contributed by atoms with van der Waals surface area (Å²) in [5.41, 5.74) is 1.57. The van der Waals surface area contributed by atoms with Gasteiger partial charge in [0.25, 0.3) is 0 Å². The minimum absolute atomic E-state index is 0.0201. The van der Waals surface area contributed by atoms with Crippen molar-refractivity contribution in [3.05, 3.63) is 56.1 Å². The Hall–Kier alpha value is -1.32. The molecule has 4 heteroatoms. The normalized spacial score (nSPS) is 11.2. The molecule has 1 aromatic heterocycles. The average Bonchev–Trinajstić information content (AvgIpc) is 2.35. The van der Waals surface area contributed by atoms with E-state index in [-0.39, 0.29) is 5.43 Å². The predicted molar refractivity (Wildman–Crippen MR) is 74.8 cm³/mol. The van der Waals surface area contributed by atoms with Crippen LogP contribution in [-0.4, -0.2) is 4.98 Å². The number of H-pyrrole nitrogens is 1. The highest BCUT2D eigenvalue weighted by molar-refractivity contribution is 9.10. The molecule has 0 fully saturated rings. The maximum Gasteiger partial charge on any atom is 0.197 e. The summed E-state index contributed by atoms with van der Waals surface area (Å²) in [5.74, 6) is 0. The van der Waals surface area contributed by atoms with Gasteiger partial charge in [-0.05, 0) is 40.2 Å². The smallest absolute Gasteiger partial charge is 0.197 e. The molecule has 0 unspecified atom stereocenters. The van der Waals surface area contributed by atoms with E-state index in [0.717, 1.165) is 15.5 Å². The van der Waals surface area contributed by atoms with Gasteiger partial charge in [-0.3, -0.25) is 4.79 Å². The Morgan fingerprint density at radius 2 is 1.82 bits per heavy atom. The highest BCUT2D eigenvalue weighted by atomic mass is 79.9. The number of aromatic nitrogens is 1. The minimum atomic E-state index is 0.0201. The number of benzene rings is 2. The van der Waals surface area contributed by atoms with E-state index in [1.807, 2.05) is 24.3 Å². The molecule has 0 aliphatic heterocycles. The molecule has 0 radical (unpaired) electrons. The second-order valence-corrected chi connectivity index (χ2v) is 4.98. The lowest BCUT2D eigenvalue weighted by molar-refractivity contribution is 1.46. The van der Waals surface area contributed by atoms with Crippen molar-refractivity contribution in [2.75, 3.05) is 0 Å². The lowest BCUT2D eigenvalue weighted by Crippen LogP contribution is -2.04. The summed E-state index contributed by atoms with van der Waals surface area (Å²) in [6.45, 7) is 0. The van der Waals surface area contributed by atoms with Crippen molar-refractivity contribution in [3.63, 3.8) is 0 Å². The number of rotatable bonds is 0. The predicted octanol–water partition coefficient (Wildman–Crippen LogP) is 4.10. The quantitative estimate of drug-likeness (QED) is 0.623. The zero-order valence-corrected chi connectivity index (χ0v) is 11.0. The maximum atomic E-state index is 12.3. The Labute approximate surface area is 110 Å². The Bertz CT molecular complexity index is 794. The van der Waals surface area contributed by atoms with Crippen LogP contribution in [0.5, 0.6) is 0 Å². The number of para-hydroxylation sites is 1. The molecule has 0 saturated carbocycles. The first-order valence-corrected chi connectivity index (χ1v) is 6.24. The molecule has 1 N–H and O–H groups in total. The van der Waals surface area contributed by atoms with Gasteiger partial charge in [-0.25, -0.2) is 0 Å². The molecule has 0 aliphatic carbocycles. The Morgan fingerprint density at radius 3 is 2.65 bits per heavy atom. The molecule has 0 bridgehead atoms. The highest BCUT2D eigenvalue weighted by Crippen LogP contribution is 2.29. The average molecular weight is 309 g/mol. The molecule has 0 amide bonds. The summed E-state index contributed by atoms with van der Waals surface area (Å²) in [6.07, 6.45) is 0. The largest absolute Gasteiger partial charge is 0.353 e. The van der Waals surface area contributed by atoms with Crippen LogP contribution in [0.15, 0.2) is 45.7 Å². The van der Waals surface area contributed by atoms with Crippen molar-refractivity contribution in [1.82, 2.24) is 4.98 Å². The number of pyridine rings is 1. The van der Waals surface area contributed by atoms with Crippen molar-refractivity contribution in [2.24, 2.45) is 0 Å².